The zero-order valence-corrected chi connectivity index (χ0v) is 98.7. The van der Waals surface area contributed by atoms with Gasteiger partial charge in [0.15, 0.2) is 0 Å². The molecule has 0 atom stereocenters. The molecule has 0 saturated heterocycles. The van der Waals surface area contributed by atoms with Gasteiger partial charge in [-0.2, -0.15) is 84.9 Å². The minimum atomic E-state index is 0. The smallest absolute Gasteiger partial charge is 0 e. The summed E-state index contributed by atoms with van der Waals surface area (Å²) in [5.74, 6) is 0. The van der Waals surface area contributed by atoms with Crippen LogP contribution in [0.2, 0.25) is 0 Å². The van der Waals surface area contributed by atoms with E-state index in [4.69, 9.17) is 0 Å². The van der Waals surface area contributed by atoms with Crippen LogP contribution < -0.4 is 0 Å². The van der Waals surface area contributed by atoms with Crippen LogP contribution in [0.5, 0.6) is 0 Å². The van der Waals surface area contributed by atoms with Gasteiger partial charge in [0.2, 0.25) is 0 Å². The number of fused-ring (bicyclic) bond motifs is 7. The van der Waals surface area contributed by atoms with Gasteiger partial charge in [-0.15, -0.1) is 34.4 Å². The maximum absolute atomic E-state index is 3.24. The normalized spacial score (nSPS) is 9.08. The predicted octanol–water partition coefficient (Wildman–Crippen LogP) is 43.0. The molecule has 0 unspecified atom stereocenters. The fraction of sp³-hybridized carbons (Fsp3) is 0.304. The van der Waals surface area contributed by atoms with Gasteiger partial charge in [0, 0.05) is 65.4 Å². The average Bonchev–Trinajstić information content (AvgIpc) is 0.763. The van der Waals surface area contributed by atoms with E-state index in [0.717, 1.165) is 22.3 Å². The van der Waals surface area contributed by atoms with E-state index in [-0.39, 0.29) is 65.4 Å². The molecule has 0 spiro atoms. The van der Waals surface area contributed by atoms with Crippen molar-refractivity contribution in [3.05, 3.63) is 452 Å². The van der Waals surface area contributed by atoms with E-state index in [0.29, 0.717) is 0 Å². The van der Waals surface area contributed by atoms with E-state index in [2.05, 4.69) is 466 Å². The molecule has 0 nitrogen and oxygen atoms in total. The van der Waals surface area contributed by atoms with Gasteiger partial charge >= 0.3 is 0 Å². The summed E-state index contributed by atoms with van der Waals surface area (Å²) >= 11 is 0. The van der Waals surface area contributed by atoms with Crippen molar-refractivity contribution in [2.24, 2.45) is 0 Å². The van der Waals surface area contributed by atoms with Crippen molar-refractivity contribution < 1.29 is 65.4 Å². The minimum Gasteiger partial charge on any atom is -0.226 e. The number of aryl methyl sites for hydroxylation is 18. The zero-order valence-electron chi connectivity index (χ0n) is 93.0. The molecule has 0 aromatic heterocycles. The summed E-state index contributed by atoms with van der Waals surface area (Å²) in [6.45, 7) is 82.5. The third-order valence-corrected chi connectivity index (χ3v) is 20.3. The average molecular weight is 1980 g/mol. The van der Waals surface area contributed by atoms with Crippen molar-refractivity contribution in [3.63, 3.8) is 0 Å². The standard InChI is InChI=1S/2C16H14.2C14H12.3C12H12.2C8H10.C3H8.10C2H6.2Y/c1-11-3-5-13-10-16-8-12(2)4-6-14(16)9-15(13)7-11;1-11-13-7-3-5-9-15(13)12(2)16-10-6-4-8-14(11)16;1-11-3-7-13(8-4-11)14-9-5-12(2)6-10-14;1-11-5-3-7-13(9-11)14-8-4-6-12(2)10-14;1-9-3-5-12-8-10(2)4-6-11(12)7-9;1-9-5-3-8-12-10(2)6-4-7-11(9)12;1-9-7-8-10(2)12-6-4-3-5-11(9)12;1-7-3-5-8(2)6-4-7;1-7-4-3-5-8(2)6-7;1-3-2;10*1-2;;/h2*3-10H,1-2H3;3-7,9H,1-2H3;3-6,9-10H,1-2H3;3*3-8H,1-2H3;2*3-6H,1-2H3;3H2,1-2H3;10*1-2H3;;/q;;2*-2;;;;;;;;;;;;;;;;;;. The molecule has 0 aliphatic heterocycles. The van der Waals surface area contributed by atoms with Crippen molar-refractivity contribution in [2.45, 2.75) is 283 Å². The second kappa shape index (κ2) is 79.9. The van der Waals surface area contributed by atoms with E-state index in [1.807, 2.05) is 163 Å². The molecule has 18 rings (SSSR count). The predicted molar refractivity (Wildman–Crippen MR) is 621 cm³/mol. The molecule has 0 saturated carbocycles. The first-order valence-corrected chi connectivity index (χ1v) is 50.5. The van der Waals surface area contributed by atoms with E-state index in [1.165, 1.54) is 182 Å². The molecule has 18 aromatic carbocycles. The summed E-state index contributed by atoms with van der Waals surface area (Å²) in [6.07, 6.45) is 1.25. The largest absolute Gasteiger partial charge is 0.226 e. The first-order valence-electron chi connectivity index (χ1n) is 50.5. The molecular formula is C135H176Y2-4. The molecule has 2 heteroatoms. The van der Waals surface area contributed by atoms with Gasteiger partial charge in [-0.1, -0.05) is 474 Å². The third kappa shape index (κ3) is 48.4. The fourth-order valence-electron chi connectivity index (χ4n) is 13.8. The Hall–Kier alpha value is -10.0. The Morgan fingerprint density at radius 3 is 0.620 bits per heavy atom. The zero-order chi connectivity index (χ0) is 103. The molecule has 0 amide bonds. The number of hydrogen-bond donors (Lipinski definition) is 0. The summed E-state index contributed by atoms with van der Waals surface area (Å²) in [6, 6.07) is 128. The van der Waals surface area contributed by atoms with Crippen molar-refractivity contribution in [1.29, 1.82) is 0 Å². The Kier molecular flexibility index (Phi) is 77.7. The molecule has 0 fully saturated rings. The van der Waals surface area contributed by atoms with Gasteiger partial charge in [-0.3, -0.25) is 0 Å². The second-order valence-corrected chi connectivity index (χ2v) is 30.9. The van der Waals surface area contributed by atoms with Crippen molar-refractivity contribution >= 4 is 75.4 Å². The Balaban J connectivity index is -0.000000709. The first-order chi connectivity index (χ1) is 65.3. The summed E-state index contributed by atoms with van der Waals surface area (Å²) in [4.78, 5) is 0. The van der Waals surface area contributed by atoms with Crippen LogP contribution in [0, 0.1) is 149 Å². The van der Waals surface area contributed by atoms with Gasteiger partial charge in [-0.05, 0) is 218 Å². The van der Waals surface area contributed by atoms with Gasteiger partial charge in [-0.25, -0.2) is 22.3 Å². The molecule has 137 heavy (non-hydrogen) atoms. The Labute approximate surface area is 890 Å². The number of hydrogen-bond acceptors (Lipinski definition) is 0. The number of benzene rings is 18. The molecule has 2 radical (unpaired) electrons. The molecule has 0 N–H and O–H groups in total. The van der Waals surface area contributed by atoms with Crippen molar-refractivity contribution in [1.82, 2.24) is 0 Å². The Morgan fingerprint density at radius 1 is 0.161 bits per heavy atom. The molecule has 18 aromatic rings. The van der Waals surface area contributed by atoms with E-state index >= 15 is 0 Å². The second-order valence-electron chi connectivity index (χ2n) is 30.9. The van der Waals surface area contributed by atoms with E-state index in [9.17, 15) is 0 Å². The van der Waals surface area contributed by atoms with Gasteiger partial charge < -0.3 is 0 Å². The minimum absolute atomic E-state index is 0. The van der Waals surface area contributed by atoms with Gasteiger partial charge in [0.1, 0.15) is 0 Å². The van der Waals surface area contributed by atoms with Crippen LogP contribution in [0.1, 0.15) is 259 Å². The van der Waals surface area contributed by atoms with Crippen LogP contribution in [0.3, 0.4) is 0 Å². The number of rotatable bonds is 2. The molecule has 726 valence electrons. The Bertz CT molecular complexity index is 5690. The molecule has 0 aliphatic carbocycles. The molecule has 0 aliphatic rings. The van der Waals surface area contributed by atoms with Crippen molar-refractivity contribution in [3.8, 4) is 22.3 Å². The molecular weight excluding hydrogens is 1800 g/mol. The third-order valence-electron chi connectivity index (χ3n) is 20.3. The molecule has 0 bridgehead atoms. The topological polar surface area (TPSA) is 0 Å². The van der Waals surface area contributed by atoms with E-state index < -0.39 is 0 Å². The van der Waals surface area contributed by atoms with Gasteiger partial charge in [0.25, 0.3) is 0 Å². The van der Waals surface area contributed by atoms with Crippen LogP contribution in [0.15, 0.2) is 328 Å². The quantitative estimate of drug-likeness (QED) is 0.120. The fourth-order valence-corrected chi connectivity index (χ4v) is 13.8. The first kappa shape index (κ1) is 133. The molecule has 0 heterocycles. The summed E-state index contributed by atoms with van der Waals surface area (Å²) in [5.41, 5.74) is 28.3. The monoisotopic (exact) mass is 1980 g/mol. The van der Waals surface area contributed by atoms with Crippen LogP contribution in [-0.4, -0.2) is 0 Å². The summed E-state index contributed by atoms with van der Waals surface area (Å²) in [7, 11) is 0. The summed E-state index contributed by atoms with van der Waals surface area (Å²) < 4.78 is 0. The van der Waals surface area contributed by atoms with Crippen LogP contribution in [0.4, 0.5) is 0 Å². The summed E-state index contributed by atoms with van der Waals surface area (Å²) in [5, 5.41) is 19.0. The Morgan fingerprint density at radius 2 is 0.372 bits per heavy atom. The van der Waals surface area contributed by atoms with Crippen molar-refractivity contribution in [2.75, 3.05) is 0 Å². The maximum atomic E-state index is 3.24. The van der Waals surface area contributed by atoms with E-state index in [1.54, 1.807) is 0 Å². The van der Waals surface area contributed by atoms with Crippen LogP contribution in [0.25, 0.3) is 97.7 Å². The van der Waals surface area contributed by atoms with Crippen LogP contribution >= 0.6 is 0 Å². The van der Waals surface area contributed by atoms with Gasteiger partial charge in [0.05, 0.1) is 0 Å². The van der Waals surface area contributed by atoms with Crippen LogP contribution in [-0.2, 0) is 65.4 Å². The maximum Gasteiger partial charge on any atom is 0 e. The SMILES string of the molecule is CC.CC.CC.CC.CC.CC.CC.CC.CC.CC.CCC.Cc1c2ccccc2c(C)c2ccccc12.Cc1c[c-]c(-c2[c-]cc(C)cc2)cc1.Cc1cc[c-]c(-c2[c-]ccc(C)c2)c1.Cc1ccc(C)c2ccccc12.Cc1ccc(C)cc1.Cc1ccc2cc(C)ccc2c1.Cc1ccc2cc3cc(C)ccc3cc2c1.Cc1cccc(C)c1.Cc1cccc2c(C)cccc12.[Y].[Y].